The SMILES string of the molecule is CCC(CC)(CNC(=NC)NCCc1nc(C(C)C)no1)c1ccccc1. The summed E-state index contributed by atoms with van der Waals surface area (Å²) < 4.78 is 5.29. The third kappa shape index (κ3) is 5.55. The predicted molar refractivity (Wildman–Crippen MR) is 110 cm³/mol. The average molecular weight is 372 g/mol. The van der Waals surface area contributed by atoms with Crippen molar-refractivity contribution < 1.29 is 4.52 Å². The van der Waals surface area contributed by atoms with Gasteiger partial charge in [0.15, 0.2) is 11.8 Å². The zero-order valence-electron chi connectivity index (χ0n) is 17.2. The lowest BCUT2D eigenvalue weighted by atomic mass is 9.76. The van der Waals surface area contributed by atoms with Crippen LogP contribution in [0.1, 0.15) is 63.7 Å². The van der Waals surface area contributed by atoms with E-state index in [2.05, 4.69) is 83.8 Å². The van der Waals surface area contributed by atoms with Crippen LogP contribution in [-0.2, 0) is 11.8 Å². The van der Waals surface area contributed by atoms with Gasteiger partial charge < -0.3 is 15.2 Å². The van der Waals surface area contributed by atoms with Crippen LogP contribution in [0.3, 0.4) is 0 Å². The first-order valence-corrected chi connectivity index (χ1v) is 9.87. The van der Waals surface area contributed by atoms with Gasteiger partial charge >= 0.3 is 0 Å². The molecule has 0 radical (unpaired) electrons. The van der Waals surface area contributed by atoms with Gasteiger partial charge in [-0.15, -0.1) is 0 Å². The smallest absolute Gasteiger partial charge is 0.228 e. The molecule has 0 spiro atoms. The molecular weight excluding hydrogens is 338 g/mol. The van der Waals surface area contributed by atoms with E-state index in [0.29, 0.717) is 18.9 Å². The van der Waals surface area contributed by atoms with Crippen molar-refractivity contribution in [2.45, 2.75) is 58.3 Å². The molecule has 1 heterocycles. The van der Waals surface area contributed by atoms with Crippen molar-refractivity contribution in [3.05, 3.63) is 47.6 Å². The molecule has 1 aromatic carbocycles. The summed E-state index contributed by atoms with van der Waals surface area (Å²) in [6.45, 7) is 10.1. The highest BCUT2D eigenvalue weighted by Crippen LogP contribution is 2.30. The number of aliphatic imine (C=N–C) groups is 1. The lowest BCUT2D eigenvalue weighted by Gasteiger charge is -2.33. The molecule has 0 unspecified atom stereocenters. The minimum Gasteiger partial charge on any atom is -0.356 e. The van der Waals surface area contributed by atoms with Crippen LogP contribution in [0.4, 0.5) is 0 Å². The third-order valence-electron chi connectivity index (χ3n) is 5.19. The zero-order chi connectivity index (χ0) is 19.7. The standard InChI is InChI=1S/C21H33N5O/c1-6-21(7-2,17-11-9-8-10-12-17)15-24-20(22-5)23-14-13-18-25-19(16(3)4)26-27-18/h8-12,16H,6-7,13-15H2,1-5H3,(H2,22,23,24). The Bertz CT molecular complexity index is 704. The molecule has 0 aliphatic rings. The fraction of sp³-hybridized carbons (Fsp3) is 0.571. The quantitative estimate of drug-likeness (QED) is 0.520. The van der Waals surface area contributed by atoms with Gasteiger partial charge in [0, 0.05) is 37.9 Å². The number of rotatable bonds is 9. The second-order valence-electron chi connectivity index (χ2n) is 7.16. The van der Waals surface area contributed by atoms with Crippen molar-refractivity contribution in [1.29, 1.82) is 0 Å². The van der Waals surface area contributed by atoms with E-state index in [9.17, 15) is 0 Å². The highest BCUT2D eigenvalue weighted by molar-refractivity contribution is 5.79. The lowest BCUT2D eigenvalue weighted by Crippen LogP contribution is -2.45. The summed E-state index contributed by atoms with van der Waals surface area (Å²) in [6.07, 6.45) is 2.81. The number of benzene rings is 1. The molecule has 0 aliphatic heterocycles. The van der Waals surface area contributed by atoms with Gasteiger partial charge in [0.25, 0.3) is 0 Å². The normalized spacial score (nSPS) is 12.4. The monoisotopic (exact) mass is 371 g/mol. The summed E-state index contributed by atoms with van der Waals surface area (Å²) in [5.41, 5.74) is 1.46. The molecule has 0 fully saturated rings. The van der Waals surface area contributed by atoms with E-state index in [1.54, 1.807) is 7.05 Å². The Kier molecular flexibility index (Phi) is 7.82. The number of nitrogens with zero attached hydrogens (tertiary/aromatic N) is 3. The Labute approximate surface area is 162 Å². The number of aromatic nitrogens is 2. The maximum atomic E-state index is 5.29. The molecule has 0 saturated heterocycles. The number of hydrogen-bond donors (Lipinski definition) is 2. The van der Waals surface area contributed by atoms with E-state index in [-0.39, 0.29) is 11.3 Å². The van der Waals surface area contributed by atoms with Gasteiger partial charge in [0.1, 0.15) is 0 Å². The van der Waals surface area contributed by atoms with Gasteiger partial charge in [-0.25, -0.2) is 0 Å². The number of guanidine groups is 1. The van der Waals surface area contributed by atoms with Crippen molar-refractivity contribution in [2.75, 3.05) is 20.1 Å². The van der Waals surface area contributed by atoms with E-state index in [4.69, 9.17) is 4.52 Å². The Balaban J connectivity index is 1.90. The van der Waals surface area contributed by atoms with Crippen LogP contribution in [0, 0.1) is 0 Å². The molecule has 148 valence electrons. The summed E-state index contributed by atoms with van der Waals surface area (Å²) in [5, 5.41) is 10.8. The molecule has 2 rings (SSSR count). The van der Waals surface area contributed by atoms with E-state index >= 15 is 0 Å². The fourth-order valence-corrected chi connectivity index (χ4v) is 3.17. The molecule has 27 heavy (non-hydrogen) atoms. The van der Waals surface area contributed by atoms with E-state index in [1.165, 1.54) is 5.56 Å². The number of hydrogen-bond acceptors (Lipinski definition) is 4. The molecule has 0 amide bonds. The number of nitrogens with one attached hydrogen (secondary N) is 2. The first kappa shape index (κ1) is 20.9. The molecule has 0 atom stereocenters. The van der Waals surface area contributed by atoms with E-state index in [0.717, 1.165) is 31.2 Å². The zero-order valence-corrected chi connectivity index (χ0v) is 17.2. The summed E-state index contributed by atoms with van der Waals surface area (Å²) in [5.74, 6) is 2.48. The molecule has 2 aromatic rings. The molecule has 0 aliphatic carbocycles. The maximum Gasteiger partial charge on any atom is 0.228 e. The van der Waals surface area contributed by atoms with Crippen molar-refractivity contribution in [2.24, 2.45) is 4.99 Å². The molecule has 0 bridgehead atoms. The summed E-state index contributed by atoms with van der Waals surface area (Å²) >= 11 is 0. The largest absolute Gasteiger partial charge is 0.356 e. The van der Waals surface area contributed by atoms with Crippen LogP contribution in [0.25, 0.3) is 0 Å². The second-order valence-corrected chi connectivity index (χ2v) is 7.16. The highest BCUT2D eigenvalue weighted by atomic mass is 16.5. The molecular formula is C21H33N5O. The molecule has 0 saturated carbocycles. The maximum absolute atomic E-state index is 5.29. The van der Waals surface area contributed by atoms with Crippen molar-refractivity contribution in [3.8, 4) is 0 Å². The third-order valence-corrected chi connectivity index (χ3v) is 5.19. The van der Waals surface area contributed by atoms with Crippen LogP contribution in [-0.4, -0.2) is 36.2 Å². The van der Waals surface area contributed by atoms with Gasteiger partial charge in [-0.1, -0.05) is 63.2 Å². The molecule has 1 aromatic heterocycles. The van der Waals surface area contributed by atoms with Crippen LogP contribution in [0.2, 0.25) is 0 Å². The fourth-order valence-electron chi connectivity index (χ4n) is 3.17. The Morgan fingerprint density at radius 1 is 1.15 bits per heavy atom. The minimum atomic E-state index is 0.0948. The second kappa shape index (κ2) is 10.1. The van der Waals surface area contributed by atoms with Crippen LogP contribution >= 0.6 is 0 Å². The van der Waals surface area contributed by atoms with Gasteiger partial charge in [0.2, 0.25) is 5.89 Å². The average Bonchev–Trinajstić information content (AvgIpc) is 3.18. The van der Waals surface area contributed by atoms with Crippen LogP contribution in [0.15, 0.2) is 39.8 Å². The van der Waals surface area contributed by atoms with Crippen LogP contribution < -0.4 is 10.6 Å². The highest BCUT2D eigenvalue weighted by Gasteiger charge is 2.28. The first-order valence-electron chi connectivity index (χ1n) is 9.87. The topological polar surface area (TPSA) is 75.3 Å². The summed E-state index contributed by atoms with van der Waals surface area (Å²) in [4.78, 5) is 8.75. The first-order chi connectivity index (χ1) is 13.0. The van der Waals surface area contributed by atoms with Gasteiger partial charge in [-0.2, -0.15) is 4.98 Å². The van der Waals surface area contributed by atoms with Crippen molar-refractivity contribution in [1.82, 2.24) is 20.8 Å². The molecule has 6 heteroatoms. The van der Waals surface area contributed by atoms with Crippen molar-refractivity contribution >= 4 is 5.96 Å². The van der Waals surface area contributed by atoms with Gasteiger partial charge in [-0.3, -0.25) is 4.99 Å². The minimum absolute atomic E-state index is 0.0948. The van der Waals surface area contributed by atoms with E-state index in [1.807, 2.05) is 0 Å². The Morgan fingerprint density at radius 2 is 1.85 bits per heavy atom. The predicted octanol–water partition coefficient (Wildman–Crippen LogP) is 3.66. The Morgan fingerprint density at radius 3 is 2.41 bits per heavy atom. The van der Waals surface area contributed by atoms with Crippen LogP contribution in [0.5, 0.6) is 0 Å². The van der Waals surface area contributed by atoms with Gasteiger partial charge in [0.05, 0.1) is 0 Å². The summed E-state index contributed by atoms with van der Waals surface area (Å²) in [6, 6.07) is 10.7. The van der Waals surface area contributed by atoms with E-state index < -0.39 is 0 Å². The molecule has 6 nitrogen and oxygen atoms in total. The Hall–Kier alpha value is -2.37. The van der Waals surface area contributed by atoms with Crippen molar-refractivity contribution in [3.63, 3.8) is 0 Å². The molecule has 2 N–H and O–H groups in total. The summed E-state index contributed by atoms with van der Waals surface area (Å²) in [7, 11) is 1.79. The van der Waals surface area contributed by atoms with Gasteiger partial charge in [-0.05, 0) is 18.4 Å². The lowest BCUT2D eigenvalue weighted by molar-refractivity contribution is 0.370.